The minimum absolute atomic E-state index is 0.0195. The predicted molar refractivity (Wildman–Crippen MR) is 244 cm³/mol. The first-order valence-corrected chi connectivity index (χ1v) is 22.6. The standard InChI is InChI=1S/2C27H25FN2O3/c2*28-25-9-7-21(16-29-25)26(18-4-2-1-3-5-18)19-10-12-30(13-11-19)27(32)20-6-8-24-22(14-20)15-23(31)17-33-24/h2*1-9,14,16,19,26H,10-13,15,17H2/t2*26-/m10/s1. The molecule has 0 unspecified atom stereocenters. The first kappa shape index (κ1) is 44.1. The number of piperidine rings is 2. The number of ketones is 2. The van der Waals surface area contributed by atoms with Crippen LogP contribution in [0.3, 0.4) is 0 Å². The van der Waals surface area contributed by atoms with Crippen molar-refractivity contribution in [2.24, 2.45) is 11.8 Å². The number of benzene rings is 4. The topological polar surface area (TPSA) is 119 Å². The first-order valence-electron chi connectivity index (χ1n) is 22.6. The molecular formula is C54H50F2N4O6. The molecular weight excluding hydrogens is 839 g/mol. The number of likely N-dealkylation sites (tertiary alicyclic amines) is 2. The lowest BCUT2D eigenvalue weighted by molar-refractivity contribution is -0.122. The van der Waals surface area contributed by atoms with Gasteiger partial charge in [0.05, 0.1) is 0 Å². The molecule has 4 aliphatic rings. The highest BCUT2D eigenvalue weighted by Gasteiger charge is 2.33. The Bertz CT molecular complexity index is 2500. The van der Waals surface area contributed by atoms with Crippen molar-refractivity contribution in [3.63, 3.8) is 0 Å². The van der Waals surface area contributed by atoms with Gasteiger partial charge in [0.1, 0.15) is 24.7 Å². The first-order chi connectivity index (χ1) is 32.2. The second kappa shape index (κ2) is 20.0. The normalized spacial score (nSPS) is 17.2. The van der Waals surface area contributed by atoms with Crippen LogP contribution in [0.2, 0.25) is 0 Å². The summed E-state index contributed by atoms with van der Waals surface area (Å²) in [4.78, 5) is 61.3. The lowest BCUT2D eigenvalue weighted by Gasteiger charge is -2.36. The van der Waals surface area contributed by atoms with Crippen molar-refractivity contribution < 1.29 is 37.4 Å². The summed E-state index contributed by atoms with van der Waals surface area (Å²) in [5.74, 6) is 1.25. The number of nitrogens with zero attached hydrogens (tertiary/aromatic N) is 4. The SMILES string of the molecule is O=C1COc2ccc(C(=O)N3CCC([C@@H](c4ccccc4)c4ccc(F)nc4)CC3)cc2C1.O=C1COc2ccc(C(=O)N3CCC([C@H](c4ccccc4)c4ccc(F)nc4)CC3)cc2C1. The van der Waals surface area contributed by atoms with Crippen LogP contribution in [0, 0.1) is 23.7 Å². The van der Waals surface area contributed by atoms with Crippen LogP contribution in [-0.2, 0) is 22.4 Å². The molecule has 2 aromatic heterocycles. The summed E-state index contributed by atoms with van der Waals surface area (Å²) in [5.41, 5.74) is 7.07. The molecule has 4 aromatic carbocycles. The van der Waals surface area contributed by atoms with E-state index in [1.165, 1.54) is 23.3 Å². The number of hydrogen-bond donors (Lipinski definition) is 0. The zero-order chi connectivity index (χ0) is 45.6. The van der Waals surface area contributed by atoms with Gasteiger partial charge in [-0.15, -0.1) is 0 Å². The lowest BCUT2D eigenvalue weighted by Crippen LogP contribution is -2.40. The van der Waals surface area contributed by atoms with E-state index in [4.69, 9.17) is 9.47 Å². The zero-order valence-corrected chi connectivity index (χ0v) is 36.5. The highest BCUT2D eigenvalue weighted by molar-refractivity contribution is 5.96. The van der Waals surface area contributed by atoms with Crippen molar-refractivity contribution >= 4 is 23.4 Å². The van der Waals surface area contributed by atoms with E-state index in [0.717, 1.165) is 47.9 Å². The molecule has 2 amide bonds. The Balaban J connectivity index is 0.000000166. The van der Waals surface area contributed by atoms with Gasteiger partial charge in [-0.25, -0.2) is 9.97 Å². The molecule has 0 aliphatic carbocycles. The van der Waals surface area contributed by atoms with Gasteiger partial charge in [-0.05, 0) is 108 Å². The van der Waals surface area contributed by atoms with Crippen LogP contribution >= 0.6 is 0 Å². The van der Waals surface area contributed by atoms with Crippen LogP contribution in [0.25, 0.3) is 0 Å². The predicted octanol–water partition coefficient (Wildman–Crippen LogP) is 8.82. The minimum atomic E-state index is -0.483. The van der Waals surface area contributed by atoms with Gasteiger partial charge in [0.15, 0.2) is 11.6 Å². The van der Waals surface area contributed by atoms with E-state index in [2.05, 4.69) is 34.2 Å². The van der Waals surface area contributed by atoms with Crippen molar-refractivity contribution in [3.8, 4) is 11.5 Å². The second-order valence-corrected chi connectivity index (χ2v) is 17.5. The summed E-state index contributed by atoms with van der Waals surface area (Å²) < 4.78 is 37.8. The minimum Gasteiger partial charge on any atom is -0.486 e. The van der Waals surface area contributed by atoms with Crippen LogP contribution in [-0.4, -0.2) is 82.5 Å². The highest BCUT2D eigenvalue weighted by Crippen LogP contribution is 2.40. The molecule has 4 aliphatic heterocycles. The fourth-order valence-electron chi connectivity index (χ4n) is 10.00. The fraction of sp³-hybridized carbons (Fsp3) is 0.296. The molecule has 2 fully saturated rings. The molecule has 12 heteroatoms. The Morgan fingerprint density at radius 1 is 0.515 bits per heavy atom. The molecule has 0 saturated carbocycles. The Hall–Kier alpha value is -7.08. The van der Waals surface area contributed by atoms with Crippen molar-refractivity contribution in [1.29, 1.82) is 0 Å². The molecule has 2 atom stereocenters. The van der Waals surface area contributed by atoms with Crippen LogP contribution < -0.4 is 9.47 Å². The summed E-state index contributed by atoms with van der Waals surface area (Å²) in [5, 5.41) is 0. The maximum Gasteiger partial charge on any atom is 0.253 e. The number of halogens is 2. The maximum absolute atomic E-state index is 13.4. The molecule has 336 valence electrons. The largest absolute Gasteiger partial charge is 0.486 e. The molecule has 2 saturated heterocycles. The number of carbonyl (C=O) groups is 4. The van der Waals surface area contributed by atoms with Crippen LogP contribution in [0.15, 0.2) is 134 Å². The van der Waals surface area contributed by atoms with E-state index in [-0.39, 0.29) is 48.4 Å². The van der Waals surface area contributed by atoms with Gasteiger partial charge in [0, 0.05) is 85.5 Å². The van der Waals surface area contributed by atoms with E-state index >= 15 is 0 Å². The molecule has 10 rings (SSSR count). The van der Waals surface area contributed by atoms with Gasteiger partial charge >= 0.3 is 0 Å². The molecule has 0 radical (unpaired) electrons. The van der Waals surface area contributed by atoms with Crippen molar-refractivity contribution in [3.05, 3.63) is 190 Å². The summed E-state index contributed by atoms with van der Waals surface area (Å²) in [6.45, 7) is 2.78. The quantitative estimate of drug-likeness (QED) is 0.139. The van der Waals surface area contributed by atoms with Gasteiger partial charge in [-0.3, -0.25) is 19.2 Å². The third-order valence-electron chi connectivity index (χ3n) is 13.3. The van der Waals surface area contributed by atoms with Gasteiger partial charge in [-0.2, -0.15) is 8.78 Å². The van der Waals surface area contributed by atoms with E-state index in [1.807, 2.05) is 58.3 Å². The van der Waals surface area contributed by atoms with Gasteiger partial charge in [0.25, 0.3) is 11.8 Å². The van der Waals surface area contributed by atoms with Crippen molar-refractivity contribution in [2.45, 2.75) is 50.4 Å². The number of rotatable bonds is 8. The van der Waals surface area contributed by atoms with Crippen molar-refractivity contribution in [2.75, 3.05) is 39.4 Å². The molecule has 66 heavy (non-hydrogen) atoms. The van der Waals surface area contributed by atoms with Crippen LogP contribution in [0.1, 0.15) is 91.6 Å². The lowest BCUT2D eigenvalue weighted by atomic mass is 9.76. The van der Waals surface area contributed by atoms with E-state index in [1.54, 1.807) is 48.8 Å². The Labute approximate surface area is 382 Å². The maximum atomic E-state index is 13.4. The van der Waals surface area contributed by atoms with E-state index in [0.29, 0.717) is 73.5 Å². The second-order valence-electron chi connectivity index (χ2n) is 17.5. The monoisotopic (exact) mass is 888 g/mol. The average molecular weight is 889 g/mol. The van der Waals surface area contributed by atoms with E-state index < -0.39 is 11.9 Å². The fourth-order valence-corrected chi connectivity index (χ4v) is 10.00. The Kier molecular flexibility index (Phi) is 13.4. The third kappa shape index (κ3) is 10.1. The Morgan fingerprint density at radius 3 is 1.27 bits per heavy atom. The summed E-state index contributed by atoms with van der Waals surface area (Å²) in [6.07, 6.45) is 7.24. The molecule has 0 spiro atoms. The number of aromatic nitrogens is 2. The summed E-state index contributed by atoms with van der Waals surface area (Å²) in [7, 11) is 0. The number of fused-ring (bicyclic) bond motifs is 2. The Morgan fingerprint density at radius 2 is 0.909 bits per heavy atom. The number of hydrogen-bond acceptors (Lipinski definition) is 8. The molecule has 0 bridgehead atoms. The van der Waals surface area contributed by atoms with Crippen LogP contribution in [0.5, 0.6) is 11.5 Å². The number of pyridine rings is 2. The van der Waals surface area contributed by atoms with Gasteiger partial charge in [-0.1, -0.05) is 72.8 Å². The third-order valence-corrected chi connectivity index (χ3v) is 13.3. The summed E-state index contributed by atoms with van der Waals surface area (Å²) in [6, 6.07) is 37.6. The number of Topliss-reactive ketones (excluding diaryl/α,β-unsaturated/α-hetero) is 2. The molecule has 6 aromatic rings. The van der Waals surface area contributed by atoms with Gasteiger partial charge in [0.2, 0.25) is 11.9 Å². The molecule has 10 nitrogen and oxygen atoms in total. The van der Waals surface area contributed by atoms with Gasteiger partial charge < -0.3 is 19.3 Å². The highest BCUT2D eigenvalue weighted by atomic mass is 19.1. The number of amides is 2. The zero-order valence-electron chi connectivity index (χ0n) is 36.5. The van der Waals surface area contributed by atoms with E-state index in [9.17, 15) is 28.0 Å². The smallest absolute Gasteiger partial charge is 0.253 e. The van der Waals surface area contributed by atoms with Crippen molar-refractivity contribution in [1.82, 2.24) is 19.8 Å². The molecule has 0 N–H and O–H groups in total. The number of carbonyl (C=O) groups excluding carboxylic acids is 4. The molecule has 6 heterocycles. The summed E-state index contributed by atoms with van der Waals surface area (Å²) >= 11 is 0. The average Bonchev–Trinajstić information content (AvgIpc) is 3.36. The number of ether oxygens (including phenoxy) is 2. The van der Waals surface area contributed by atoms with Crippen LogP contribution in [0.4, 0.5) is 8.78 Å².